The summed E-state index contributed by atoms with van der Waals surface area (Å²) >= 11 is 0. The van der Waals surface area contributed by atoms with E-state index in [2.05, 4.69) is 28.6 Å². The molecule has 0 saturated carbocycles. The van der Waals surface area contributed by atoms with Crippen LogP contribution in [0.5, 0.6) is 5.75 Å². The minimum atomic E-state index is 0.499. The average Bonchev–Trinajstić information content (AvgIpc) is 2.38. The van der Waals surface area contributed by atoms with Gasteiger partial charge in [-0.2, -0.15) is 0 Å². The third kappa shape index (κ3) is 3.62. The maximum Gasteiger partial charge on any atom is 0.142 e. The summed E-state index contributed by atoms with van der Waals surface area (Å²) in [6, 6.07) is 8.61. The second-order valence-corrected chi connectivity index (χ2v) is 4.72. The monoisotopic (exact) mass is 249 g/mol. The van der Waals surface area contributed by atoms with Crippen molar-refractivity contribution in [3.63, 3.8) is 0 Å². The van der Waals surface area contributed by atoms with Gasteiger partial charge in [-0.15, -0.1) is 0 Å². The van der Waals surface area contributed by atoms with Gasteiger partial charge in [-0.25, -0.2) is 0 Å². The second kappa shape index (κ2) is 6.61. The standard InChI is InChI=1S/C14H23N3O/c1-3-18-14-7-5-4-6-13(14)16-10-12-11-17(2)9-8-15-12/h4-7,12,15-16H,3,8-11H2,1-2H3. The summed E-state index contributed by atoms with van der Waals surface area (Å²) in [5.74, 6) is 0.934. The normalized spacial score (nSPS) is 20.7. The zero-order valence-corrected chi connectivity index (χ0v) is 11.3. The molecule has 1 aromatic rings. The summed E-state index contributed by atoms with van der Waals surface area (Å²) in [7, 11) is 2.17. The molecule has 1 fully saturated rings. The van der Waals surface area contributed by atoms with Crippen LogP contribution < -0.4 is 15.4 Å². The highest BCUT2D eigenvalue weighted by Gasteiger charge is 2.16. The molecule has 0 bridgehead atoms. The molecular weight excluding hydrogens is 226 g/mol. The van der Waals surface area contributed by atoms with Crippen LogP contribution in [0.4, 0.5) is 5.69 Å². The number of likely N-dealkylation sites (N-methyl/N-ethyl adjacent to an activating group) is 1. The molecule has 1 unspecified atom stereocenters. The largest absolute Gasteiger partial charge is 0.492 e. The highest BCUT2D eigenvalue weighted by atomic mass is 16.5. The lowest BCUT2D eigenvalue weighted by Crippen LogP contribution is -2.51. The Morgan fingerprint density at radius 1 is 1.44 bits per heavy atom. The van der Waals surface area contributed by atoms with Gasteiger partial charge in [-0.3, -0.25) is 0 Å². The Balaban J connectivity index is 1.89. The van der Waals surface area contributed by atoms with Crippen molar-refractivity contribution in [1.82, 2.24) is 10.2 Å². The Labute approximate surface area is 109 Å². The molecule has 4 heteroatoms. The summed E-state index contributed by atoms with van der Waals surface area (Å²) in [6.07, 6.45) is 0. The number of nitrogens with zero attached hydrogens (tertiary/aromatic N) is 1. The lowest BCUT2D eigenvalue weighted by atomic mass is 10.2. The Morgan fingerprint density at radius 2 is 2.28 bits per heavy atom. The minimum Gasteiger partial charge on any atom is -0.492 e. The van der Waals surface area contributed by atoms with E-state index in [0.29, 0.717) is 12.6 Å². The molecule has 100 valence electrons. The fraction of sp³-hybridized carbons (Fsp3) is 0.571. The molecule has 0 aliphatic carbocycles. The summed E-state index contributed by atoms with van der Waals surface area (Å²) in [4.78, 5) is 2.36. The molecule has 4 nitrogen and oxygen atoms in total. The van der Waals surface area contributed by atoms with E-state index < -0.39 is 0 Å². The smallest absolute Gasteiger partial charge is 0.142 e. The Kier molecular flexibility index (Phi) is 4.84. The first-order valence-corrected chi connectivity index (χ1v) is 6.67. The van der Waals surface area contributed by atoms with Crippen LogP contribution in [0.25, 0.3) is 0 Å². The van der Waals surface area contributed by atoms with Gasteiger partial charge in [-0.1, -0.05) is 12.1 Å². The van der Waals surface area contributed by atoms with Gasteiger partial charge in [0.1, 0.15) is 5.75 Å². The van der Waals surface area contributed by atoms with Gasteiger partial charge in [0.2, 0.25) is 0 Å². The number of piperazine rings is 1. The molecule has 1 saturated heterocycles. The number of rotatable bonds is 5. The van der Waals surface area contributed by atoms with Crippen molar-refractivity contribution in [3.8, 4) is 5.75 Å². The Morgan fingerprint density at radius 3 is 3.06 bits per heavy atom. The number of nitrogens with one attached hydrogen (secondary N) is 2. The van der Waals surface area contributed by atoms with Crippen LogP contribution in [0.3, 0.4) is 0 Å². The first-order valence-electron chi connectivity index (χ1n) is 6.67. The van der Waals surface area contributed by atoms with Gasteiger partial charge < -0.3 is 20.3 Å². The van der Waals surface area contributed by atoms with E-state index in [1.54, 1.807) is 0 Å². The van der Waals surface area contributed by atoms with Crippen molar-refractivity contribution in [3.05, 3.63) is 24.3 Å². The molecule has 0 radical (unpaired) electrons. The van der Waals surface area contributed by atoms with E-state index >= 15 is 0 Å². The van der Waals surface area contributed by atoms with Gasteiger partial charge in [0.25, 0.3) is 0 Å². The van der Waals surface area contributed by atoms with Gasteiger partial charge in [0, 0.05) is 32.2 Å². The van der Waals surface area contributed by atoms with E-state index in [9.17, 15) is 0 Å². The van der Waals surface area contributed by atoms with Crippen LogP contribution in [-0.4, -0.2) is 50.8 Å². The fourth-order valence-electron chi connectivity index (χ4n) is 2.26. The maximum atomic E-state index is 5.60. The van der Waals surface area contributed by atoms with Crippen molar-refractivity contribution in [2.75, 3.05) is 45.2 Å². The molecule has 1 aliphatic heterocycles. The Bertz CT molecular complexity index is 370. The van der Waals surface area contributed by atoms with Crippen LogP contribution in [0.15, 0.2) is 24.3 Å². The van der Waals surface area contributed by atoms with E-state index in [1.165, 1.54) is 0 Å². The maximum absolute atomic E-state index is 5.60. The zero-order valence-electron chi connectivity index (χ0n) is 11.3. The molecule has 1 aromatic carbocycles. The van der Waals surface area contributed by atoms with E-state index in [0.717, 1.165) is 37.6 Å². The third-order valence-electron chi connectivity index (χ3n) is 3.18. The first kappa shape index (κ1) is 13.2. The molecule has 2 N–H and O–H groups in total. The first-order chi connectivity index (χ1) is 8.79. The van der Waals surface area contributed by atoms with Gasteiger partial charge in [-0.05, 0) is 26.1 Å². The van der Waals surface area contributed by atoms with Crippen molar-refractivity contribution in [2.24, 2.45) is 0 Å². The van der Waals surface area contributed by atoms with Crippen LogP contribution >= 0.6 is 0 Å². The number of anilines is 1. The highest BCUT2D eigenvalue weighted by Crippen LogP contribution is 2.23. The van der Waals surface area contributed by atoms with Gasteiger partial charge in [0.15, 0.2) is 0 Å². The summed E-state index contributed by atoms with van der Waals surface area (Å²) in [6.45, 7) is 6.91. The van der Waals surface area contributed by atoms with Crippen molar-refractivity contribution >= 4 is 5.69 Å². The van der Waals surface area contributed by atoms with E-state index in [1.807, 2.05) is 25.1 Å². The lowest BCUT2D eigenvalue weighted by Gasteiger charge is -2.31. The highest BCUT2D eigenvalue weighted by molar-refractivity contribution is 5.56. The summed E-state index contributed by atoms with van der Waals surface area (Å²) < 4.78 is 5.60. The van der Waals surface area contributed by atoms with Crippen molar-refractivity contribution in [2.45, 2.75) is 13.0 Å². The van der Waals surface area contributed by atoms with Crippen LogP contribution in [0.2, 0.25) is 0 Å². The number of hydrogen-bond acceptors (Lipinski definition) is 4. The van der Waals surface area contributed by atoms with Crippen molar-refractivity contribution in [1.29, 1.82) is 0 Å². The van der Waals surface area contributed by atoms with Crippen LogP contribution in [0, 0.1) is 0 Å². The zero-order chi connectivity index (χ0) is 12.8. The lowest BCUT2D eigenvalue weighted by molar-refractivity contribution is 0.244. The molecule has 1 heterocycles. The number of hydrogen-bond donors (Lipinski definition) is 2. The predicted octanol–water partition coefficient (Wildman–Crippen LogP) is 1.40. The van der Waals surface area contributed by atoms with E-state index in [4.69, 9.17) is 4.74 Å². The van der Waals surface area contributed by atoms with Gasteiger partial charge in [0.05, 0.1) is 12.3 Å². The number of benzene rings is 1. The van der Waals surface area contributed by atoms with Crippen molar-refractivity contribution < 1.29 is 4.74 Å². The quantitative estimate of drug-likeness (QED) is 0.827. The molecular formula is C14H23N3O. The van der Waals surface area contributed by atoms with Crippen LogP contribution in [0.1, 0.15) is 6.92 Å². The summed E-state index contributed by atoms with van der Waals surface area (Å²) in [5, 5.41) is 7.00. The Hall–Kier alpha value is -1.26. The molecule has 1 aliphatic rings. The molecule has 1 atom stereocenters. The van der Waals surface area contributed by atoms with Gasteiger partial charge >= 0.3 is 0 Å². The fourth-order valence-corrected chi connectivity index (χ4v) is 2.26. The topological polar surface area (TPSA) is 36.5 Å². The van der Waals surface area contributed by atoms with Crippen LogP contribution in [-0.2, 0) is 0 Å². The molecule has 18 heavy (non-hydrogen) atoms. The molecule has 0 aromatic heterocycles. The number of para-hydroxylation sites is 2. The molecule has 0 spiro atoms. The molecule has 0 amide bonds. The predicted molar refractivity (Wildman–Crippen MR) is 75.4 cm³/mol. The molecule has 2 rings (SSSR count). The number of ether oxygens (including phenoxy) is 1. The average molecular weight is 249 g/mol. The minimum absolute atomic E-state index is 0.499. The summed E-state index contributed by atoms with van der Waals surface area (Å²) in [5.41, 5.74) is 1.08. The second-order valence-electron chi connectivity index (χ2n) is 4.72. The van der Waals surface area contributed by atoms with E-state index in [-0.39, 0.29) is 0 Å². The SMILES string of the molecule is CCOc1ccccc1NCC1CN(C)CCN1. The third-order valence-corrected chi connectivity index (χ3v) is 3.18.